The summed E-state index contributed by atoms with van der Waals surface area (Å²) in [5, 5.41) is 1.89. The van der Waals surface area contributed by atoms with Gasteiger partial charge in [-0.15, -0.1) is 11.3 Å². The van der Waals surface area contributed by atoms with Crippen molar-refractivity contribution >= 4 is 46.1 Å². The van der Waals surface area contributed by atoms with E-state index < -0.39 is 0 Å². The molecule has 1 atom stereocenters. The van der Waals surface area contributed by atoms with Crippen LogP contribution in [0.1, 0.15) is 17.3 Å². The number of thiophene rings is 1. The topological polar surface area (TPSA) is 38.9 Å². The zero-order valence-corrected chi connectivity index (χ0v) is 10.1. The highest BCUT2D eigenvalue weighted by Gasteiger charge is 2.16. The molecule has 2 aromatic heterocycles. The maximum absolute atomic E-state index is 5.99. The molecule has 0 radical (unpaired) electrons. The Morgan fingerprint density at radius 3 is 2.71 bits per heavy atom. The molecule has 2 nitrogen and oxygen atoms in total. The average molecular weight is 265 g/mol. The fraction of sp³-hybridized carbons (Fsp3) is 0.125. The molecule has 0 aromatic carbocycles. The van der Waals surface area contributed by atoms with Crippen molar-refractivity contribution < 1.29 is 0 Å². The molecule has 0 amide bonds. The zero-order valence-electron chi connectivity index (χ0n) is 6.91. The van der Waals surface area contributed by atoms with Crippen LogP contribution in [0, 0.1) is 0 Å². The van der Waals surface area contributed by atoms with Crippen LogP contribution in [0.25, 0.3) is 0 Å². The Hall–Kier alpha value is -0.130. The van der Waals surface area contributed by atoms with Crippen LogP contribution < -0.4 is 5.73 Å². The number of hydrogen-bond acceptors (Lipinski definition) is 4. The third kappa shape index (κ3) is 1.94. The molecule has 14 heavy (non-hydrogen) atoms. The lowest BCUT2D eigenvalue weighted by Gasteiger charge is -2.06. The summed E-state index contributed by atoms with van der Waals surface area (Å²) in [6.07, 6.45) is 0. The van der Waals surface area contributed by atoms with Gasteiger partial charge in [0.2, 0.25) is 0 Å². The minimum atomic E-state index is -0.280. The van der Waals surface area contributed by atoms with Crippen LogP contribution in [0.2, 0.25) is 8.67 Å². The van der Waals surface area contributed by atoms with E-state index in [1.165, 1.54) is 22.9 Å². The fourth-order valence-corrected chi connectivity index (χ4v) is 3.21. The van der Waals surface area contributed by atoms with E-state index in [9.17, 15) is 0 Å². The lowest BCUT2D eigenvalue weighted by Crippen LogP contribution is -2.11. The molecule has 0 bridgehead atoms. The second-order valence-electron chi connectivity index (χ2n) is 2.68. The Labute approximate surface area is 99.4 Å². The Morgan fingerprint density at radius 1 is 1.43 bits per heavy atom. The third-order valence-corrected chi connectivity index (χ3v) is 3.89. The molecule has 0 spiro atoms. The molecule has 0 saturated carbocycles. The summed E-state index contributed by atoms with van der Waals surface area (Å²) in [5.74, 6) is 0. The van der Waals surface area contributed by atoms with Gasteiger partial charge in [0.25, 0.3) is 0 Å². The number of aromatic nitrogens is 1. The van der Waals surface area contributed by atoms with E-state index in [4.69, 9.17) is 28.9 Å². The van der Waals surface area contributed by atoms with Gasteiger partial charge in [-0.05, 0) is 23.7 Å². The van der Waals surface area contributed by atoms with E-state index in [-0.39, 0.29) is 6.04 Å². The maximum atomic E-state index is 5.99. The van der Waals surface area contributed by atoms with E-state index in [0.29, 0.717) is 8.67 Å². The SMILES string of the molecule is NC(c1ccsn1)c1cc(Cl)sc1Cl. The Balaban J connectivity index is 2.36. The fourth-order valence-electron chi connectivity index (χ4n) is 1.11. The largest absolute Gasteiger partial charge is 0.319 e. The maximum Gasteiger partial charge on any atom is 0.0995 e. The number of nitrogens with two attached hydrogens (primary N) is 1. The van der Waals surface area contributed by atoms with Gasteiger partial charge in [0.1, 0.15) is 0 Å². The van der Waals surface area contributed by atoms with Crippen LogP contribution in [0.5, 0.6) is 0 Å². The van der Waals surface area contributed by atoms with Gasteiger partial charge >= 0.3 is 0 Å². The summed E-state index contributed by atoms with van der Waals surface area (Å²) in [6, 6.07) is 3.40. The van der Waals surface area contributed by atoms with E-state index in [0.717, 1.165) is 11.3 Å². The van der Waals surface area contributed by atoms with Gasteiger partial charge in [-0.1, -0.05) is 23.2 Å². The van der Waals surface area contributed by atoms with Crippen LogP contribution >= 0.6 is 46.1 Å². The molecule has 0 aliphatic rings. The van der Waals surface area contributed by atoms with Crippen molar-refractivity contribution in [1.82, 2.24) is 4.37 Å². The van der Waals surface area contributed by atoms with Gasteiger partial charge in [0.05, 0.1) is 20.4 Å². The first-order valence-corrected chi connectivity index (χ1v) is 6.20. The number of hydrogen-bond donors (Lipinski definition) is 1. The monoisotopic (exact) mass is 264 g/mol. The van der Waals surface area contributed by atoms with Crippen molar-refractivity contribution in [3.8, 4) is 0 Å². The third-order valence-electron chi connectivity index (χ3n) is 1.79. The van der Waals surface area contributed by atoms with Crippen LogP contribution in [0.4, 0.5) is 0 Å². The van der Waals surface area contributed by atoms with Gasteiger partial charge in [0.15, 0.2) is 0 Å². The first kappa shape index (κ1) is 10.4. The highest BCUT2D eigenvalue weighted by Crippen LogP contribution is 2.36. The van der Waals surface area contributed by atoms with E-state index >= 15 is 0 Å². The van der Waals surface area contributed by atoms with Gasteiger partial charge in [-0.3, -0.25) is 0 Å². The van der Waals surface area contributed by atoms with Gasteiger partial charge in [-0.25, -0.2) is 0 Å². The lowest BCUT2D eigenvalue weighted by atomic mass is 10.1. The Kier molecular flexibility index (Phi) is 3.09. The van der Waals surface area contributed by atoms with Crippen molar-refractivity contribution in [1.29, 1.82) is 0 Å². The predicted molar refractivity (Wildman–Crippen MR) is 62.5 cm³/mol. The van der Waals surface area contributed by atoms with E-state index in [1.807, 2.05) is 11.4 Å². The summed E-state index contributed by atoms with van der Waals surface area (Å²) in [6.45, 7) is 0. The van der Waals surface area contributed by atoms with Gasteiger partial charge < -0.3 is 5.73 Å². The molecule has 0 fully saturated rings. The molecule has 2 N–H and O–H groups in total. The van der Waals surface area contributed by atoms with Crippen LogP contribution in [-0.2, 0) is 0 Å². The summed E-state index contributed by atoms with van der Waals surface area (Å²) in [5.41, 5.74) is 7.65. The van der Waals surface area contributed by atoms with Crippen LogP contribution in [0.3, 0.4) is 0 Å². The summed E-state index contributed by atoms with van der Waals surface area (Å²) < 4.78 is 5.45. The van der Waals surface area contributed by atoms with Crippen molar-refractivity contribution in [3.63, 3.8) is 0 Å². The summed E-state index contributed by atoms with van der Waals surface area (Å²) in [7, 11) is 0. The highest BCUT2D eigenvalue weighted by atomic mass is 35.5. The number of halogens is 2. The number of nitrogens with zero attached hydrogens (tertiary/aromatic N) is 1. The second kappa shape index (κ2) is 4.16. The molecule has 2 aromatic rings. The minimum absolute atomic E-state index is 0.280. The molecular weight excluding hydrogens is 259 g/mol. The van der Waals surface area contributed by atoms with Crippen molar-refractivity contribution in [2.24, 2.45) is 5.73 Å². The van der Waals surface area contributed by atoms with Gasteiger partial charge in [0, 0.05) is 10.9 Å². The molecule has 2 heterocycles. The quantitative estimate of drug-likeness (QED) is 0.901. The molecule has 0 saturated heterocycles. The molecule has 2 rings (SSSR count). The van der Waals surface area contributed by atoms with E-state index in [1.54, 1.807) is 6.07 Å². The van der Waals surface area contributed by atoms with Crippen molar-refractivity contribution in [2.75, 3.05) is 0 Å². The second-order valence-corrected chi connectivity index (χ2v) is 5.63. The molecule has 74 valence electrons. The van der Waals surface area contributed by atoms with E-state index in [2.05, 4.69) is 4.37 Å². The minimum Gasteiger partial charge on any atom is -0.319 e. The predicted octanol–water partition coefficient (Wildman–Crippen LogP) is 3.56. The standard InChI is InChI=1S/C8H6Cl2N2S2/c9-6-3-4(8(10)14-6)7(11)5-1-2-13-12-5/h1-3,7H,11H2. The highest BCUT2D eigenvalue weighted by molar-refractivity contribution is 7.20. The molecule has 0 aliphatic carbocycles. The zero-order chi connectivity index (χ0) is 10.1. The van der Waals surface area contributed by atoms with Crippen molar-refractivity contribution in [2.45, 2.75) is 6.04 Å². The Bertz CT molecular complexity index is 424. The lowest BCUT2D eigenvalue weighted by molar-refractivity contribution is 0.851. The van der Waals surface area contributed by atoms with Crippen LogP contribution in [-0.4, -0.2) is 4.37 Å². The molecule has 1 unspecified atom stereocenters. The summed E-state index contributed by atoms with van der Waals surface area (Å²) in [4.78, 5) is 0. The van der Waals surface area contributed by atoms with Crippen molar-refractivity contribution in [3.05, 3.63) is 37.4 Å². The van der Waals surface area contributed by atoms with Gasteiger partial charge in [-0.2, -0.15) is 4.37 Å². The molecular formula is C8H6Cl2N2S2. The average Bonchev–Trinajstić information content (AvgIpc) is 2.73. The Morgan fingerprint density at radius 2 is 2.21 bits per heavy atom. The normalized spacial score (nSPS) is 13.1. The molecule has 0 aliphatic heterocycles. The first-order valence-electron chi connectivity index (χ1n) is 3.79. The summed E-state index contributed by atoms with van der Waals surface area (Å²) >= 11 is 14.5. The smallest absolute Gasteiger partial charge is 0.0995 e. The first-order chi connectivity index (χ1) is 6.68. The van der Waals surface area contributed by atoms with Crippen LogP contribution in [0.15, 0.2) is 17.5 Å². The number of rotatable bonds is 2. The molecule has 6 heteroatoms.